The summed E-state index contributed by atoms with van der Waals surface area (Å²) >= 11 is 5.84. The molecule has 21 heavy (non-hydrogen) atoms. The Morgan fingerprint density at radius 1 is 1.14 bits per heavy atom. The molecule has 0 atom stereocenters. The predicted molar refractivity (Wildman–Crippen MR) is 85.2 cm³/mol. The van der Waals surface area contributed by atoms with Gasteiger partial charge in [0.15, 0.2) is 0 Å². The quantitative estimate of drug-likeness (QED) is 0.776. The van der Waals surface area contributed by atoms with Gasteiger partial charge in [-0.2, -0.15) is 0 Å². The minimum atomic E-state index is -0.348. The molecule has 1 heterocycles. The van der Waals surface area contributed by atoms with Crippen LogP contribution in [0, 0.1) is 5.82 Å². The Morgan fingerprint density at radius 2 is 2.00 bits per heavy atom. The fourth-order valence-electron chi connectivity index (χ4n) is 2.54. The third-order valence-corrected chi connectivity index (χ3v) is 3.94. The van der Waals surface area contributed by atoms with Gasteiger partial charge in [0.1, 0.15) is 5.82 Å². The van der Waals surface area contributed by atoms with Gasteiger partial charge < -0.3 is 10.3 Å². The summed E-state index contributed by atoms with van der Waals surface area (Å²) in [5.74, 6) is -0.348. The van der Waals surface area contributed by atoms with Crippen molar-refractivity contribution >= 4 is 22.5 Å². The van der Waals surface area contributed by atoms with E-state index in [0.29, 0.717) is 18.7 Å². The van der Waals surface area contributed by atoms with Gasteiger partial charge in [-0.1, -0.05) is 35.9 Å². The summed E-state index contributed by atoms with van der Waals surface area (Å²) in [6.45, 7) is 1.08. The topological polar surface area (TPSA) is 30.9 Å². The largest absolute Gasteiger partial charge is 0.343 e. The molecule has 0 unspecified atom stereocenters. The van der Waals surface area contributed by atoms with E-state index in [1.807, 2.05) is 16.8 Å². The summed E-state index contributed by atoms with van der Waals surface area (Å²) in [5, 5.41) is 1.30. The van der Waals surface area contributed by atoms with Crippen molar-refractivity contribution in [2.45, 2.75) is 13.0 Å². The number of halogens is 2. The van der Waals surface area contributed by atoms with Crippen LogP contribution in [0.1, 0.15) is 11.1 Å². The van der Waals surface area contributed by atoms with Crippen LogP contribution in [0.4, 0.5) is 4.39 Å². The fourth-order valence-corrected chi connectivity index (χ4v) is 2.74. The van der Waals surface area contributed by atoms with Crippen molar-refractivity contribution in [2.24, 2.45) is 5.73 Å². The summed E-state index contributed by atoms with van der Waals surface area (Å²) in [7, 11) is 0. The number of nitrogens with two attached hydrogens (primary N) is 1. The molecule has 0 saturated heterocycles. The van der Waals surface area contributed by atoms with Gasteiger partial charge in [0.05, 0.1) is 11.6 Å². The maximum absolute atomic E-state index is 14.0. The highest BCUT2D eigenvalue weighted by molar-refractivity contribution is 6.30. The molecule has 0 aliphatic heterocycles. The summed E-state index contributed by atoms with van der Waals surface area (Å²) in [5.41, 5.74) is 8.47. The highest BCUT2D eigenvalue weighted by atomic mass is 35.5. The maximum Gasteiger partial charge on any atom is 0.146 e. The lowest BCUT2D eigenvalue weighted by atomic mass is 10.1. The van der Waals surface area contributed by atoms with Crippen LogP contribution in [0.3, 0.4) is 0 Å². The van der Waals surface area contributed by atoms with Crippen molar-refractivity contribution in [3.05, 3.63) is 70.6 Å². The third kappa shape index (κ3) is 2.80. The second kappa shape index (κ2) is 5.88. The van der Waals surface area contributed by atoms with Crippen molar-refractivity contribution in [1.29, 1.82) is 0 Å². The van der Waals surface area contributed by atoms with E-state index in [2.05, 4.69) is 18.2 Å². The van der Waals surface area contributed by atoms with Crippen molar-refractivity contribution in [2.75, 3.05) is 6.54 Å². The van der Waals surface area contributed by atoms with E-state index in [-0.39, 0.29) is 10.8 Å². The van der Waals surface area contributed by atoms with Crippen LogP contribution in [-0.2, 0) is 13.0 Å². The van der Waals surface area contributed by atoms with Gasteiger partial charge in [-0.25, -0.2) is 4.39 Å². The van der Waals surface area contributed by atoms with Crippen LogP contribution in [0.5, 0.6) is 0 Å². The van der Waals surface area contributed by atoms with Crippen LogP contribution in [0.2, 0.25) is 5.02 Å². The molecular formula is C17H16ClFN2. The molecular weight excluding hydrogens is 287 g/mol. The van der Waals surface area contributed by atoms with Gasteiger partial charge in [0.2, 0.25) is 0 Å². The molecule has 0 bridgehead atoms. The number of aromatic nitrogens is 1. The first-order valence-corrected chi connectivity index (χ1v) is 7.27. The van der Waals surface area contributed by atoms with E-state index in [0.717, 1.165) is 17.3 Å². The second-order valence-corrected chi connectivity index (χ2v) is 5.50. The average molecular weight is 303 g/mol. The molecule has 3 aromatic rings. The van der Waals surface area contributed by atoms with Crippen LogP contribution in [0.25, 0.3) is 10.9 Å². The Morgan fingerprint density at radius 3 is 2.81 bits per heavy atom. The number of rotatable bonds is 4. The van der Waals surface area contributed by atoms with Gasteiger partial charge >= 0.3 is 0 Å². The molecule has 0 saturated carbocycles. The third-order valence-electron chi connectivity index (χ3n) is 3.64. The van der Waals surface area contributed by atoms with Gasteiger partial charge in [-0.3, -0.25) is 0 Å². The van der Waals surface area contributed by atoms with E-state index in [9.17, 15) is 4.39 Å². The van der Waals surface area contributed by atoms with Gasteiger partial charge in [-0.15, -0.1) is 0 Å². The lowest BCUT2D eigenvalue weighted by Crippen LogP contribution is -2.04. The fraction of sp³-hybridized carbons (Fsp3) is 0.176. The molecule has 108 valence electrons. The molecule has 0 spiro atoms. The van der Waals surface area contributed by atoms with Crippen molar-refractivity contribution in [3.63, 3.8) is 0 Å². The lowest BCUT2D eigenvalue weighted by molar-refractivity contribution is 0.602. The number of hydrogen-bond donors (Lipinski definition) is 1. The number of nitrogens with zero attached hydrogens (tertiary/aromatic N) is 1. The van der Waals surface area contributed by atoms with Crippen LogP contribution in [-0.4, -0.2) is 11.1 Å². The monoisotopic (exact) mass is 302 g/mol. The molecule has 3 rings (SSSR count). The van der Waals surface area contributed by atoms with Crippen molar-refractivity contribution < 1.29 is 4.39 Å². The van der Waals surface area contributed by atoms with Crippen molar-refractivity contribution in [1.82, 2.24) is 4.57 Å². The smallest absolute Gasteiger partial charge is 0.146 e. The zero-order valence-corrected chi connectivity index (χ0v) is 12.3. The summed E-state index contributed by atoms with van der Waals surface area (Å²) in [6, 6.07) is 13.4. The Hall–Kier alpha value is -1.84. The highest BCUT2D eigenvalue weighted by Gasteiger charge is 2.09. The molecule has 0 aliphatic rings. The molecule has 1 aromatic heterocycles. The minimum Gasteiger partial charge on any atom is -0.343 e. The summed E-state index contributed by atoms with van der Waals surface area (Å²) < 4.78 is 16.1. The molecule has 2 aromatic carbocycles. The predicted octanol–water partition coefficient (Wildman–Crippen LogP) is 3.98. The molecule has 2 N–H and O–H groups in total. The zero-order chi connectivity index (χ0) is 14.8. The highest BCUT2D eigenvalue weighted by Crippen LogP contribution is 2.22. The Bertz CT molecular complexity index is 780. The Kier molecular flexibility index (Phi) is 3.95. The first-order chi connectivity index (χ1) is 10.2. The normalized spacial score (nSPS) is 11.2. The number of hydrogen-bond acceptors (Lipinski definition) is 1. The van der Waals surface area contributed by atoms with E-state index < -0.39 is 0 Å². The second-order valence-electron chi connectivity index (χ2n) is 5.09. The standard InChI is InChI=1S/C17H16ClFN2/c18-15-3-1-2-14(17(15)19)11-21-9-7-13-5-4-12(6-8-20)10-16(13)21/h1-5,7,9-10H,6,8,11,20H2. The first-order valence-electron chi connectivity index (χ1n) is 6.90. The Labute approximate surface area is 127 Å². The molecule has 2 nitrogen and oxygen atoms in total. The Balaban J connectivity index is 2.00. The lowest BCUT2D eigenvalue weighted by Gasteiger charge is -2.09. The van der Waals surface area contributed by atoms with E-state index in [1.54, 1.807) is 18.2 Å². The minimum absolute atomic E-state index is 0.160. The molecule has 0 aliphatic carbocycles. The van der Waals surface area contributed by atoms with Crippen LogP contribution in [0.15, 0.2) is 48.7 Å². The first kappa shape index (κ1) is 14.1. The van der Waals surface area contributed by atoms with Crippen LogP contribution >= 0.6 is 11.6 Å². The van der Waals surface area contributed by atoms with Gasteiger partial charge in [0, 0.05) is 17.3 Å². The van der Waals surface area contributed by atoms with E-state index >= 15 is 0 Å². The van der Waals surface area contributed by atoms with E-state index in [4.69, 9.17) is 17.3 Å². The number of fused-ring (bicyclic) bond motifs is 1. The molecule has 0 fully saturated rings. The average Bonchev–Trinajstić information content (AvgIpc) is 2.87. The molecule has 4 heteroatoms. The zero-order valence-electron chi connectivity index (χ0n) is 11.5. The summed E-state index contributed by atoms with van der Waals surface area (Å²) in [4.78, 5) is 0. The van der Waals surface area contributed by atoms with Crippen molar-refractivity contribution in [3.8, 4) is 0 Å². The van der Waals surface area contributed by atoms with Gasteiger partial charge in [0.25, 0.3) is 0 Å². The SMILES string of the molecule is NCCc1ccc2ccn(Cc3cccc(Cl)c3F)c2c1. The maximum atomic E-state index is 14.0. The molecule has 0 radical (unpaired) electrons. The number of benzene rings is 2. The van der Waals surface area contributed by atoms with E-state index in [1.165, 1.54) is 5.56 Å². The summed E-state index contributed by atoms with van der Waals surface area (Å²) in [6.07, 6.45) is 2.81. The van der Waals surface area contributed by atoms with Crippen LogP contribution < -0.4 is 5.73 Å². The molecule has 0 amide bonds. The van der Waals surface area contributed by atoms with Gasteiger partial charge in [-0.05, 0) is 42.1 Å².